The minimum absolute atomic E-state index is 0.120. The number of aryl methyl sites for hydroxylation is 2. The molecule has 0 aliphatic rings. The van der Waals surface area contributed by atoms with Crippen molar-refractivity contribution < 1.29 is 13.2 Å². The maximum absolute atomic E-state index is 13.1. The van der Waals surface area contributed by atoms with E-state index in [2.05, 4.69) is 51.9 Å². The second kappa shape index (κ2) is 11.7. The SMILES string of the molecule is CCCc1nc2c(C)nc(Cl)nc2n1Cc1ccc(-c2cc([Si](C)(C)C)sc2NS(=O)(=O)C(=O)c2ccccc2)cc1. The average Bonchev–Trinajstić information content (AvgIpc) is 3.51. The predicted octanol–water partition coefficient (Wildman–Crippen LogP) is 6.64. The van der Waals surface area contributed by atoms with Gasteiger partial charge in [0.25, 0.3) is 5.12 Å². The van der Waals surface area contributed by atoms with E-state index in [-0.39, 0.29) is 10.8 Å². The van der Waals surface area contributed by atoms with Crippen LogP contribution in [-0.2, 0) is 23.0 Å². The van der Waals surface area contributed by atoms with Crippen molar-refractivity contribution in [2.45, 2.75) is 52.9 Å². The summed E-state index contributed by atoms with van der Waals surface area (Å²) in [5.41, 5.74) is 4.96. The quantitative estimate of drug-likeness (QED) is 0.143. The molecule has 5 aromatic rings. The average molecular weight is 638 g/mol. The molecule has 3 aromatic heterocycles. The van der Waals surface area contributed by atoms with Crippen LogP contribution in [0.3, 0.4) is 0 Å². The summed E-state index contributed by atoms with van der Waals surface area (Å²) in [6.07, 6.45) is 1.73. The fourth-order valence-corrected chi connectivity index (χ4v) is 9.04. The van der Waals surface area contributed by atoms with Crippen LogP contribution in [0.25, 0.3) is 22.3 Å². The van der Waals surface area contributed by atoms with Crippen LogP contribution in [-0.4, -0.2) is 41.1 Å². The zero-order chi connectivity index (χ0) is 30.2. The van der Waals surface area contributed by atoms with Gasteiger partial charge in [0.2, 0.25) is 5.28 Å². The molecule has 3 heterocycles. The van der Waals surface area contributed by atoms with Gasteiger partial charge in [-0.1, -0.05) is 81.2 Å². The van der Waals surface area contributed by atoms with Gasteiger partial charge in [-0.05, 0) is 46.6 Å². The Morgan fingerprint density at radius 2 is 1.71 bits per heavy atom. The minimum Gasteiger partial charge on any atom is -0.308 e. The standard InChI is InChI=1S/C30H32ClN5O3S2Si/c1-6-10-24-33-26-19(2)32-30(31)34-27(26)36(24)18-20-13-15-21(16-14-20)23-17-25(42(3,4)5)40-28(23)35-41(38,39)29(37)22-11-8-7-9-12-22/h7-9,11-17,35H,6,10,18H2,1-5H3. The van der Waals surface area contributed by atoms with Crippen molar-refractivity contribution in [2.75, 3.05) is 4.72 Å². The normalized spacial score (nSPS) is 12.1. The van der Waals surface area contributed by atoms with E-state index in [4.69, 9.17) is 16.6 Å². The summed E-state index contributed by atoms with van der Waals surface area (Å²) in [5, 5.41) is -0.324. The highest BCUT2D eigenvalue weighted by molar-refractivity contribution is 8.07. The molecule has 5 rings (SSSR count). The molecule has 218 valence electrons. The van der Waals surface area contributed by atoms with Gasteiger partial charge in [0, 0.05) is 17.5 Å². The van der Waals surface area contributed by atoms with Gasteiger partial charge >= 0.3 is 10.0 Å². The summed E-state index contributed by atoms with van der Waals surface area (Å²) in [6, 6.07) is 18.1. The van der Waals surface area contributed by atoms with Crippen molar-refractivity contribution >= 4 is 66.8 Å². The van der Waals surface area contributed by atoms with Gasteiger partial charge < -0.3 is 4.57 Å². The van der Waals surface area contributed by atoms with E-state index < -0.39 is 23.2 Å². The molecule has 0 amide bonds. The molecule has 0 spiro atoms. The number of anilines is 1. The fourth-order valence-electron chi connectivity index (χ4n) is 4.65. The Bertz CT molecular complexity index is 1880. The highest BCUT2D eigenvalue weighted by atomic mass is 35.5. The van der Waals surface area contributed by atoms with Gasteiger partial charge in [0.05, 0.1) is 20.3 Å². The van der Waals surface area contributed by atoms with Crippen LogP contribution in [0.4, 0.5) is 5.00 Å². The zero-order valence-corrected chi connectivity index (χ0v) is 27.5. The molecular weight excluding hydrogens is 606 g/mol. The van der Waals surface area contributed by atoms with Crippen molar-refractivity contribution in [3.63, 3.8) is 0 Å². The van der Waals surface area contributed by atoms with Gasteiger partial charge in [0.1, 0.15) is 16.3 Å². The third kappa shape index (κ3) is 6.19. The summed E-state index contributed by atoms with van der Waals surface area (Å²) in [7, 11) is -6.09. The molecule has 0 saturated carbocycles. The van der Waals surface area contributed by atoms with E-state index in [9.17, 15) is 13.2 Å². The second-order valence-corrected chi connectivity index (χ2v) is 19.5. The Kier molecular flexibility index (Phi) is 8.39. The Balaban J connectivity index is 1.49. The highest BCUT2D eigenvalue weighted by Crippen LogP contribution is 2.35. The number of imidazole rings is 1. The molecule has 2 aromatic carbocycles. The molecule has 0 atom stereocenters. The molecule has 0 bridgehead atoms. The van der Waals surface area contributed by atoms with Gasteiger partial charge in [-0.25, -0.2) is 9.97 Å². The molecule has 0 unspecified atom stereocenters. The van der Waals surface area contributed by atoms with Crippen LogP contribution < -0.4 is 9.22 Å². The first-order valence-corrected chi connectivity index (χ1v) is 19.8. The molecule has 0 radical (unpaired) electrons. The largest absolute Gasteiger partial charge is 0.308 e. The van der Waals surface area contributed by atoms with Crippen molar-refractivity contribution in [3.05, 3.63) is 88.6 Å². The number of nitrogens with zero attached hydrogens (tertiary/aromatic N) is 4. The highest BCUT2D eigenvalue weighted by Gasteiger charge is 2.28. The molecule has 42 heavy (non-hydrogen) atoms. The zero-order valence-electron chi connectivity index (χ0n) is 24.1. The summed E-state index contributed by atoms with van der Waals surface area (Å²) in [5.74, 6) is 0.925. The number of carbonyl (C=O) groups is 1. The molecule has 1 N–H and O–H groups in total. The molecule has 0 aliphatic heterocycles. The Labute approximate surface area is 255 Å². The van der Waals surface area contributed by atoms with Crippen LogP contribution in [0.5, 0.6) is 0 Å². The lowest BCUT2D eigenvalue weighted by molar-refractivity contribution is 0.107. The van der Waals surface area contributed by atoms with Crippen LogP contribution in [0.2, 0.25) is 24.9 Å². The number of carbonyl (C=O) groups excluding carboxylic acids is 1. The topological polar surface area (TPSA) is 107 Å². The number of hydrogen-bond donors (Lipinski definition) is 1. The summed E-state index contributed by atoms with van der Waals surface area (Å²) < 4.78 is 32.1. The first kappa shape index (κ1) is 30.1. The number of fused-ring (bicyclic) bond motifs is 1. The van der Waals surface area contributed by atoms with E-state index in [0.717, 1.165) is 51.1 Å². The smallest absolute Gasteiger partial charge is 0.301 e. The van der Waals surface area contributed by atoms with Crippen LogP contribution in [0.1, 0.15) is 40.8 Å². The number of hydrogen-bond acceptors (Lipinski definition) is 7. The van der Waals surface area contributed by atoms with E-state index in [1.165, 1.54) is 23.5 Å². The molecular formula is C30H32ClN5O3S2Si. The van der Waals surface area contributed by atoms with Crippen LogP contribution >= 0.6 is 22.9 Å². The number of rotatable bonds is 9. The van der Waals surface area contributed by atoms with Gasteiger partial charge in [-0.3, -0.25) is 9.52 Å². The molecule has 8 nitrogen and oxygen atoms in total. The van der Waals surface area contributed by atoms with E-state index in [1.54, 1.807) is 18.2 Å². The van der Waals surface area contributed by atoms with Crippen molar-refractivity contribution in [1.29, 1.82) is 0 Å². The minimum atomic E-state index is -4.31. The summed E-state index contributed by atoms with van der Waals surface area (Å²) >= 11 is 7.59. The number of nitrogens with one attached hydrogen (secondary N) is 1. The molecule has 12 heteroatoms. The number of aromatic nitrogens is 4. The Morgan fingerprint density at radius 3 is 2.36 bits per heavy atom. The van der Waals surface area contributed by atoms with Gasteiger partial charge in [-0.2, -0.15) is 13.4 Å². The number of benzene rings is 2. The van der Waals surface area contributed by atoms with Gasteiger partial charge in [0.15, 0.2) is 5.65 Å². The molecule has 0 aliphatic carbocycles. The number of halogens is 1. The number of thiophene rings is 1. The lowest BCUT2D eigenvalue weighted by atomic mass is 10.1. The van der Waals surface area contributed by atoms with Crippen molar-refractivity contribution in [2.24, 2.45) is 0 Å². The lowest BCUT2D eigenvalue weighted by Gasteiger charge is -2.12. The second-order valence-electron chi connectivity index (χ2n) is 11.2. The van der Waals surface area contributed by atoms with E-state index in [0.29, 0.717) is 17.2 Å². The Hall–Kier alpha value is -3.38. The number of sulfonamides is 1. The van der Waals surface area contributed by atoms with Crippen molar-refractivity contribution in [3.8, 4) is 11.1 Å². The van der Waals surface area contributed by atoms with Crippen LogP contribution in [0.15, 0.2) is 60.7 Å². The summed E-state index contributed by atoms with van der Waals surface area (Å²) in [4.78, 5) is 26.4. The third-order valence-corrected chi connectivity index (χ3v) is 13.0. The monoisotopic (exact) mass is 637 g/mol. The first-order valence-electron chi connectivity index (χ1n) is 13.6. The third-order valence-electron chi connectivity index (χ3n) is 6.85. The van der Waals surface area contributed by atoms with Crippen LogP contribution in [0, 0.1) is 6.92 Å². The molecule has 0 fully saturated rings. The maximum atomic E-state index is 13.1. The Morgan fingerprint density at radius 1 is 1.02 bits per heavy atom. The van der Waals surface area contributed by atoms with E-state index >= 15 is 0 Å². The lowest BCUT2D eigenvalue weighted by Crippen LogP contribution is -2.34. The molecule has 0 saturated heterocycles. The van der Waals surface area contributed by atoms with Gasteiger partial charge in [-0.15, -0.1) is 11.3 Å². The maximum Gasteiger partial charge on any atom is 0.301 e. The van der Waals surface area contributed by atoms with Crippen molar-refractivity contribution in [1.82, 2.24) is 19.5 Å². The summed E-state index contributed by atoms with van der Waals surface area (Å²) in [6.45, 7) is 11.2. The van der Waals surface area contributed by atoms with E-state index in [1.807, 2.05) is 31.2 Å². The first-order chi connectivity index (χ1) is 19.9. The fraction of sp³-hybridized carbons (Fsp3) is 0.267. The predicted molar refractivity (Wildman–Crippen MR) is 174 cm³/mol.